The lowest BCUT2D eigenvalue weighted by Gasteiger charge is -2.31. The summed E-state index contributed by atoms with van der Waals surface area (Å²) in [5.74, 6) is 0. The van der Waals surface area contributed by atoms with Gasteiger partial charge in [0, 0.05) is 25.0 Å². The van der Waals surface area contributed by atoms with Crippen molar-refractivity contribution in [3.63, 3.8) is 0 Å². The molecule has 94 valence electrons. The van der Waals surface area contributed by atoms with E-state index in [1.54, 1.807) is 0 Å². The van der Waals surface area contributed by atoms with Crippen LogP contribution >= 0.6 is 0 Å². The van der Waals surface area contributed by atoms with E-state index in [2.05, 4.69) is 28.9 Å². The van der Waals surface area contributed by atoms with Crippen molar-refractivity contribution < 1.29 is 0 Å². The summed E-state index contributed by atoms with van der Waals surface area (Å²) in [5, 5.41) is 0. The highest BCUT2D eigenvalue weighted by molar-refractivity contribution is 5.48. The average molecular weight is 241 g/mol. The van der Waals surface area contributed by atoms with Crippen LogP contribution in [0.15, 0.2) is 54.7 Å². The summed E-state index contributed by atoms with van der Waals surface area (Å²) >= 11 is 0. The normalized spacial score (nSPS) is 12.1. The number of para-hydroxylation sites is 1. The van der Waals surface area contributed by atoms with Crippen LogP contribution in [-0.4, -0.2) is 18.1 Å². The van der Waals surface area contributed by atoms with Gasteiger partial charge < -0.3 is 10.6 Å². The number of anilines is 1. The molecular weight excluding hydrogens is 222 g/mol. The SMILES string of the molecule is CCN(c1ccccc1)C(CN)c1ccccn1. The molecule has 0 spiro atoms. The molecule has 3 nitrogen and oxygen atoms in total. The van der Waals surface area contributed by atoms with Crippen LogP contribution in [-0.2, 0) is 0 Å². The van der Waals surface area contributed by atoms with Crippen molar-refractivity contribution >= 4 is 5.69 Å². The Hall–Kier alpha value is -1.87. The number of hydrogen-bond donors (Lipinski definition) is 1. The van der Waals surface area contributed by atoms with Crippen LogP contribution in [0.25, 0.3) is 0 Å². The average Bonchev–Trinajstić information content (AvgIpc) is 2.46. The van der Waals surface area contributed by atoms with Crippen molar-refractivity contribution in [1.82, 2.24) is 4.98 Å². The molecule has 1 heterocycles. The maximum absolute atomic E-state index is 5.94. The standard InChI is InChI=1S/C15H19N3/c1-2-18(13-8-4-3-5-9-13)15(12-16)14-10-6-7-11-17-14/h3-11,15H,2,12,16H2,1H3. The van der Waals surface area contributed by atoms with E-state index in [0.717, 1.165) is 12.2 Å². The summed E-state index contributed by atoms with van der Waals surface area (Å²) in [6, 6.07) is 16.4. The van der Waals surface area contributed by atoms with E-state index in [4.69, 9.17) is 5.73 Å². The highest BCUT2D eigenvalue weighted by atomic mass is 15.2. The molecule has 1 aromatic heterocycles. The number of aromatic nitrogens is 1. The smallest absolute Gasteiger partial charge is 0.0835 e. The molecular formula is C15H19N3. The van der Waals surface area contributed by atoms with Gasteiger partial charge in [0.15, 0.2) is 0 Å². The summed E-state index contributed by atoms with van der Waals surface area (Å²) in [4.78, 5) is 6.70. The van der Waals surface area contributed by atoms with E-state index in [-0.39, 0.29) is 6.04 Å². The number of nitrogens with zero attached hydrogens (tertiary/aromatic N) is 2. The van der Waals surface area contributed by atoms with Crippen molar-refractivity contribution in [2.24, 2.45) is 5.73 Å². The molecule has 0 saturated heterocycles. The van der Waals surface area contributed by atoms with E-state index in [0.29, 0.717) is 6.54 Å². The maximum Gasteiger partial charge on any atom is 0.0835 e. The van der Waals surface area contributed by atoms with Crippen LogP contribution in [0, 0.1) is 0 Å². The van der Waals surface area contributed by atoms with Crippen LogP contribution in [0.1, 0.15) is 18.7 Å². The first-order valence-corrected chi connectivity index (χ1v) is 6.29. The van der Waals surface area contributed by atoms with Gasteiger partial charge in [-0.15, -0.1) is 0 Å². The number of nitrogens with two attached hydrogens (primary N) is 1. The summed E-state index contributed by atoms with van der Waals surface area (Å²) in [5.41, 5.74) is 8.14. The molecule has 1 atom stereocenters. The third-order valence-electron chi connectivity index (χ3n) is 3.06. The van der Waals surface area contributed by atoms with Crippen molar-refractivity contribution in [3.8, 4) is 0 Å². The molecule has 2 aromatic rings. The molecule has 0 aliphatic heterocycles. The van der Waals surface area contributed by atoms with Gasteiger partial charge in [0.1, 0.15) is 0 Å². The van der Waals surface area contributed by atoms with E-state index < -0.39 is 0 Å². The monoisotopic (exact) mass is 241 g/mol. The van der Waals surface area contributed by atoms with Gasteiger partial charge in [-0.25, -0.2) is 0 Å². The Labute approximate surface area is 108 Å². The number of pyridine rings is 1. The molecule has 0 aliphatic carbocycles. The van der Waals surface area contributed by atoms with Crippen molar-refractivity contribution in [2.75, 3.05) is 18.0 Å². The Morgan fingerprint density at radius 1 is 1.11 bits per heavy atom. The van der Waals surface area contributed by atoms with Gasteiger partial charge in [0.05, 0.1) is 11.7 Å². The van der Waals surface area contributed by atoms with Gasteiger partial charge in [-0.05, 0) is 31.2 Å². The van der Waals surface area contributed by atoms with Gasteiger partial charge in [0.2, 0.25) is 0 Å². The molecule has 1 aromatic carbocycles. The Kier molecular flexibility index (Phi) is 4.31. The van der Waals surface area contributed by atoms with Gasteiger partial charge in [-0.2, -0.15) is 0 Å². The second-order valence-electron chi connectivity index (χ2n) is 4.13. The van der Waals surface area contributed by atoms with E-state index in [9.17, 15) is 0 Å². The van der Waals surface area contributed by atoms with Crippen LogP contribution in [0.4, 0.5) is 5.69 Å². The quantitative estimate of drug-likeness (QED) is 0.875. The zero-order chi connectivity index (χ0) is 12.8. The van der Waals surface area contributed by atoms with Crippen molar-refractivity contribution in [2.45, 2.75) is 13.0 Å². The Morgan fingerprint density at radius 2 is 1.83 bits per heavy atom. The van der Waals surface area contributed by atoms with Crippen molar-refractivity contribution in [1.29, 1.82) is 0 Å². The van der Waals surface area contributed by atoms with Gasteiger partial charge >= 0.3 is 0 Å². The fraction of sp³-hybridized carbons (Fsp3) is 0.267. The molecule has 0 radical (unpaired) electrons. The second kappa shape index (κ2) is 6.17. The minimum Gasteiger partial charge on any atom is -0.362 e. The Bertz CT molecular complexity index is 410. The van der Waals surface area contributed by atoms with Crippen molar-refractivity contribution in [3.05, 3.63) is 60.4 Å². The molecule has 1 unspecified atom stereocenters. The lowest BCUT2D eigenvalue weighted by Crippen LogP contribution is -2.34. The van der Waals surface area contributed by atoms with E-state index in [1.165, 1.54) is 5.69 Å². The summed E-state index contributed by atoms with van der Waals surface area (Å²) < 4.78 is 0. The molecule has 0 fully saturated rings. The van der Waals surface area contributed by atoms with Crippen LogP contribution < -0.4 is 10.6 Å². The molecule has 0 saturated carbocycles. The lowest BCUT2D eigenvalue weighted by molar-refractivity contribution is 0.626. The predicted molar refractivity (Wildman–Crippen MR) is 75.5 cm³/mol. The number of rotatable bonds is 5. The molecule has 2 rings (SSSR count). The third-order valence-corrected chi connectivity index (χ3v) is 3.06. The zero-order valence-corrected chi connectivity index (χ0v) is 10.7. The number of likely N-dealkylation sites (N-methyl/N-ethyl adjacent to an activating group) is 1. The maximum atomic E-state index is 5.94. The predicted octanol–water partition coefficient (Wildman–Crippen LogP) is 2.61. The molecule has 18 heavy (non-hydrogen) atoms. The third kappa shape index (κ3) is 2.68. The fourth-order valence-electron chi connectivity index (χ4n) is 2.18. The minimum atomic E-state index is 0.124. The van der Waals surface area contributed by atoms with E-state index in [1.807, 2.05) is 42.6 Å². The molecule has 0 bridgehead atoms. The lowest BCUT2D eigenvalue weighted by atomic mass is 10.1. The molecule has 2 N–H and O–H groups in total. The van der Waals surface area contributed by atoms with Crippen LogP contribution in [0.5, 0.6) is 0 Å². The minimum absolute atomic E-state index is 0.124. The number of benzene rings is 1. The highest BCUT2D eigenvalue weighted by Crippen LogP contribution is 2.24. The summed E-state index contributed by atoms with van der Waals surface area (Å²) in [6.45, 7) is 3.60. The van der Waals surface area contributed by atoms with Crippen LogP contribution in [0.2, 0.25) is 0 Å². The highest BCUT2D eigenvalue weighted by Gasteiger charge is 2.18. The van der Waals surface area contributed by atoms with Gasteiger partial charge in [-0.3, -0.25) is 4.98 Å². The Morgan fingerprint density at radius 3 is 2.39 bits per heavy atom. The summed E-state index contributed by atoms with van der Waals surface area (Å²) in [6.07, 6.45) is 1.82. The van der Waals surface area contributed by atoms with E-state index >= 15 is 0 Å². The first kappa shape index (κ1) is 12.6. The van der Waals surface area contributed by atoms with Crippen LogP contribution in [0.3, 0.4) is 0 Å². The fourth-order valence-corrected chi connectivity index (χ4v) is 2.18. The second-order valence-corrected chi connectivity index (χ2v) is 4.13. The molecule has 0 aliphatic rings. The first-order chi connectivity index (χ1) is 8.86. The first-order valence-electron chi connectivity index (χ1n) is 6.29. The molecule has 0 amide bonds. The topological polar surface area (TPSA) is 42.1 Å². The van der Waals surface area contributed by atoms with Gasteiger partial charge in [0.25, 0.3) is 0 Å². The summed E-state index contributed by atoms with van der Waals surface area (Å²) in [7, 11) is 0. The number of hydrogen-bond acceptors (Lipinski definition) is 3. The Balaban J connectivity index is 2.31. The molecule has 3 heteroatoms. The largest absolute Gasteiger partial charge is 0.362 e. The zero-order valence-electron chi connectivity index (χ0n) is 10.7. The van der Waals surface area contributed by atoms with Gasteiger partial charge in [-0.1, -0.05) is 24.3 Å².